The summed E-state index contributed by atoms with van der Waals surface area (Å²) in [4.78, 5) is 32.4. The summed E-state index contributed by atoms with van der Waals surface area (Å²) < 4.78 is 11.5. The van der Waals surface area contributed by atoms with E-state index in [0.29, 0.717) is 19.7 Å². The number of fused-ring (bicyclic) bond motifs is 2. The van der Waals surface area contributed by atoms with E-state index >= 15 is 0 Å². The number of hydrogen-bond donors (Lipinski definition) is 0. The highest BCUT2D eigenvalue weighted by Crippen LogP contribution is 2.51. The van der Waals surface area contributed by atoms with Crippen LogP contribution in [0.5, 0.6) is 0 Å². The molecule has 1 saturated heterocycles. The summed E-state index contributed by atoms with van der Waals surface area (Å²) in [6.07, 6.45) is 7.05. The number of thioether (sulfide) groups is 1. The Kier molecular flexibility index (Phi) is 7.23. The predicted octanol–water partition coefficient (Wildman–Crippen LogP) is 4.16. The Morgan fingerprint density at radius 2 is 1.94 bits per heavy atom. The molecule has 2 aliphatic heterocycles. The Labute approximate surface area is 196 Å². The van der Waals surface area contributed by atoms with E-state index in [1.165, 1.54) is 37.4 Å². The Balaban J connectivity index is 1.13. The number of amides is 2. The zero-order valence-electron chi connectivity index (χ0n) is 20.1. The molecule has 4 rings (SSSR count). The third kappa shape index (κ3) is 5.86. The maximum absolute atomic E-state index is 12.5. The average molecular weight is 466 g/mol. The third-order valence-electron chi connectivity index (χ3n) is 7.27. The maximum Gasteiger partial charge on any atom is 0.410 e. The van der Waals surface area contributed by atoms with Crippen LogP contribution >= 0.6 is 11.8 Å². The summed E-state index contributed by atoms with van der Waals surface area (Å²) in [6.45, 7) is 12.0. The fourth-order valence-corrected chi connectivity index (χ4v) is 6.72. The minimum absolute atomic E-state index is 0.133. The molecule has 2 aliphatic carbocycles. The molecule has 2 bridgehead atoms. The fraction of sp³-hybridized carbons (Fsp3) is 0.875. The van der Waals surface area contributed by atoms with Crippen molar-refractivity contribution in [2.75, 3.05) is 39.3 Å². The lowest BCUT2D eigenvalue weighted by molar-refractivity contribution is -0.130. The normalized spacial score (nSPS) is 33.1. The Hall–Kier alpha value is -1.12. The van der Waals surface area contributed by atoms with Gasteiger partial charge in [0.2, 0.25) is 0 Å². The van der Waals surface area contributed by atoms with E-state index in [9.17, 15) is 9.59 Å². The first-order valence-electron chi connectivity index (χ1n) is 12.3. The molecule has 0 aromatic heterocycles. The zero-order chi connectivity index (χ0) is 22.9. The molecule has 3 fully saturated rings. The van der Waals surface area contributed by atoms with Gasteiger partial charge in [0.15, 0.2) is 4.93 Å². The first-order valence-corrected chi connectivity index (χ1v) is 13.1. The quantitative estimate of drug-likeness (QED) is 0.526. The molecular weight excluding hydrogens is 426 g/mol. The number of carbonyl (C=O) groups is 2. The molecule has 0 radical (unpaired) electrons. The number of nitrogens with zero attached hydrogens (tertiary/aromatic N) is 3. The van der Waals surface area contributed by atoms with Gasteiger partial charge in [0, 0.05) is 32.7 Å². The lowest BCUT2D eigenvalue weighted by atomic mass is 9.87. The number of hydrogen-bond acceptors (Lipinski definition) is 6. The number of rotatable bonds is 7. The van der Waals surface area contributed by atoms with Gasteiger partial charge in [0.25, 0.3) is 5.91 Å². The second-order valence-electron chi connectivity index (χ2n) is 11.0. The highest BCUT2D eigenvalue weighted by Gasteiger charge is 2.45. The number of ether oxygens (including phenoxy) is 2. The predicted molar refractivity (Wildman–Crippen MR) is 127 cm³/mol. The van der Waals surface area contributed by atoms with Crippen molar-refractivity contribution in [1.29, 1.82) is 0 Å². The van der Waals surface area contributed by atoms with Gasteiger partial charge in [-0.3, -0.25) is 9.69 Å². The van der Waals surface area contributed by atoms with Crippen molar-refractivity contribution in [3.8, 4) is 0 Å². The molecule has 8 heteroatoms. The molecule has 180 valence electrons. The van der Waals surface area contributed by atoms with Gasteiger partial charge in [0.05, 0.1) is 11.7 Å². The van der Waals surface area contributed by atoms with Gasteiger partial charge >= 0.3 is 6.09 Å². The second kappa shape index (κ2) is 9.63. The highest BCUT2D eigenvalue weighted by molar-refractivity contribution is 8.16. The van der Waals surface area contributed by atoms with Gasteiger partial charge in [-0.25, -0.2) is 9.79 Å². The molecule has 0 N–H and O–H groups in total. The molecule has 0 aromatic carbocycles. The largest absolute Gasteiger partial charge is 0.444 e. The summed E-state index contributed by atoms with van der Waals surface area (Å²) in [6, 6.07) is 0. The van der Waals surface area contributed by atoms with Crippen LogP contribution in [0.2, 0.25) is 0 Å². The zero-order valence-corrected chi connectivity index (χ0v) is 20.9. The molecular formula is C24H39N3O4S. The molecule has 2 heterocycles. The van der Waals surface area contributed by atoms with Gasteiger partial charge in [0.1, 0.15) is 5.60 Å². The third-order valence-corrected chi connectivity index (χ3v) is 8.44. The average Bonchev–Trinajstić information content (AvgIpc) is 3.40. The van der Waals surface area contributed by atoms with Crippen molar-refractivity contribution in [3.05, 3.63) is 0 Å². The molecule has 7 nitrogen and oxygen atoms in total. The first kappa shape index (κ1) is 24.0. The molecule has 0 spiro atoms. The van der Waals surface area contributed by atoms with E-state index in [0.717, 1.165) is 55.3 Å². The molecule has 4 aliphatic rings. The smallest absolute Gasteiger partial charge is 0.410 e. The Bertz CT molecular complexity index is 744. The van der Waals surface area contributed by atoms with Crippen molar-refractivity contribution in [2.24, 2.45) is 22.7 Å². The van der Waals surface area contributed by atoms with Crippen molar-refractivity contribution >= 4 is 28.8 Å². The maximum atomic E-state index is 12.5. The topological polar surface area (TPSA) is 71.4 Å². The van der Waals surface area contributed by atoms with Crippen LogP contribution in [0.25, 0.3) is 0 Å². The van der Waals surface area contributed by atoms with Crippen molar-refractivity contribution in [1.82, 2.24) is 9.80 Å². The monoisotopic (exact) mass is 465 g/mol. The van der Waals surface area contributed by atoms with Gasteiger partial charge in [-0.1, -0.05) is 18.2 Å². The van der Waals surface area contributed by atoms with Crippen LogP contribution in [0.3, 0.4) is 0 Å². The molecule has 4 unspecified atom stereocenters. The number of aliphatic imine (C=N–C) groups is 1. The lowest BCUT2D eigenvalue weighted by Crippen LogP contribution is -2.50. The minimum Gasteiger partial charge on any atom is -0.444 e. The molecule has 32 heavy (non-hydrogen) atoms. The lowest BCUT2D eigenvalue weighted by Gasteiger charge is -2.35. The van der Waals surface area contributed by atoms with Gasteiger partial charge in [-0.15, -0.1) is 0 Å². The van der Waals surface area contributed by atoms with Crippen LogP contribution < -0.4 is 0 Å². The summed E-state index contributed by atoms with van der Waals surface area (Å²) in [5, 5.41) is 0.980. The van der Waals surface area contributed by atoms with E-state index < -0.39 is 10.5 Å². The van der Waals surface area contributed by atoms with Crippen molar-refractivity contribution in [2.45, 2.75) is 76.8 Å². The summed E-state index contributed by atoms with van der Waals surface area (Å²) in [7, 11) is 0. The highest BCUT2D eigenvalue weighted by atomic mass is 32.2. The SMILES string of the molecule is CC(C)(C)OC(=O)N1CCN(CCCOC2(C)SC(CC3CC4CCC3C4)=NC2=O)CC1. The van der Waals surface area contributed by atoms with Crippen LogP contribution in [-0.2, 0) is 14.3 Å². The standard InChI is InChI=1S/C24H39N3O4S/c1-23(2,3)31-22(29)27-11-9-26(10-12-27)8-5-13-30-24(4)21(28)25-20(32-24)16-19-15-17-6-7-18(19)14-17/h17-19H,5-16H2,1-4H3. The molecule has 4 atom stereocenters. The minimum atomic E-state index is -0.859. The summed E-state index contributed by atoms with van der Waals surface area (Å²) in [5.41, 5.74) is -0.461. The summed E-state index contributed by atoms with van der Waals surface area (Å²) in [5.74, 6) is 2.35. The molecule has 2 saturated carbocycles. The van der Waals surface area contributed by atoms with Crippen LogP contribution in [0.4, 0.5) is 4.79 Å². The summed E-state index contributed by atoms with van der Waals surface area (Å²) >= 11 is 1.54. The Morgan fingerprint density at radius 1 is 1.19 bits per heavy atom. The van der Waals surface area contributed by atoms with Crippen LogP contribution in [0, 0.1) is 17.8 Å². The number of carbonyl (C=O) groups excluding carboxylic acids is 2. The van der Waals surface area contributed by atoms with E-state index in [1.807, 2.05) is 27.7 Å². The Morgan fingerprint density at radius 3 is 2.56 bits per heavy atom. The van der Waals surface area contributed by atoms with E-state index in [4.69, 9.17) is 9.47 Å². The molecule has 0 aromatic rings. The van der Waals surface area contributed by atoms with Gasteiger partial charge in [-0.05, 0) is 77.6 Å². The van der Waals surface area contributed by atoms with Crippen LogP contribution in [-0.4, -0.2) is 76.7 Å². The van der Waals surface area contributed by atoms with E-state index in [2.05, 4.69) is 9.89 Å². The van der Waals surface area contributed by atoms with Crippen molar-refractivity contribution in [3.63, 3.8) is 0 Å². The molecule has 2 amide bonds. The fourth-order valence-electron chi connectivity index (χ4n) is 5.57. The van der Waals surface area contributed by atoms with Crippen LogP contribution in [0.15, 0.2) is 4.99 Å². The van der Waals surface area contributed by atoms with Crippen LogP contribution in [0.1, 0.15) is 66.2 Å². The van der Waals surface area contributed by atoms with Gasteiger partial charge < -0.3 is 14.4 Å². The van der Waals surface area contributed by atoms with E-state index in [1.54, 1.807) is 4.90 Å². The van der Waals surface area contributed by atoms with Gasteiger partial charge in [-0.2, -0.15) is 0 Å². The second-order valence-corrected chi connectivity index (χ2v) is 12.5. The van der Waals surface area contributed by atoms with Crippen molar-refractivity contribution < 1.29 is 19.1 Å². The first-order chi connectivity index (χ1) is 15.1. The van der Waals surface area contributed by atoms with E-state index in [-0.39, 0.29) is 12.0 Å². The number of piperazine rings is 1.